The zero-order valence-corrected chi connectivity index (χ0v) is 19.6. The average molecular weight is 488 g/mol. The van der Waals surface area contributed by atoms with Crippen LogP contribution in [-0.4, -0.2) is 41.2 Å². The van der Waals surface area contributed by atoms with Gasteiger partial charge in [0.15, 0.2) is 0 Å². The van der Waals surface area contributed by atoms with Crippen LogP contribution in [0, 0.1) is 5.92 Å². The number of alkyl halides is 3. The molecule has 2 aliphatic rings. The molecule has 2 aliphatic heterocycles. The summed E-state index contributed by atoms with van der Waals surface area (Å²) in [6.07, 6.45) is -2.20. The van der Waals surface area contributed by atoms with Crippen LogP contribution in [0.3, 0.4) is 0 Å². The number of carbonyl (C=O) groups is 3. The quantitative estimate of drug-likeness (QED) is 0.633. The topological polar surface area (TPSA) is 78.5 Å². The summed E-state index contributed by atoms with van der Waals surface area (Å²) in [5.41, 5.74) is 0.550. The normalized spacial score (nSPS) is 20.1. The molecule has 1 fully saturated rings. The van der Waals surface area contributed by atoms with Crippen molar-refractivity contribution in [3.05, 3.63) is 53.6 Å². The van der Waals surface area contributed by atoms with Gasteiger partial charge in [-0.2, -0.15) is 13.2 Å². The Kier molecular flexibility index (Phi) is 6.87. The molecule has 1 saturated heterocycles. The molecule has 6 nitrogen and oxygen atoms in total. The van der Waals surface area contributed by atoms with Gasteiger partial charge in [0.1, 0.15) is 6.04 Å². The second-order valence-electron chi connectivity index (χ2n) is 9.09. The number of amides is 3. The third-order valence-corrected chi connectivity index (χ3v) is 6.90. The van der Waals surface area contributed by atoms with Gasteiger partial charge in [-0.25, -0.2) is 0 Å². The highest BCUT2D eigenvalue weighted by atomic mass is 19.4. The van der Waals surface area contributed by atoms with Gasteiger partial charge in [-0.3, -0.25) is 14.4 Å². The molecule has 2 atom stereocenters. The zero-order valence-electron chi connectivity index (χ0n) is 19.6. The highest BCUT2D eigenvalue weighted by molar-refractivity contribution is 6.10. The fraction of sp³-hybridized carbons (Fsp3) is 0.423. The number of halogens is 3. The van der Waals surface area contributed by atoms with Crippen molar-refractivity contribution >= 4 is 23.4 Å². The summed E-state index contributed by atoms with van der Waals surface area (Å²) in [7, 11) is 0. The third-order valence-electron chi connectivity index (χ3n) is 6.90. The van der Waals surface area contributed by atoms with E-state index in [0.717, 1.165) is 25.0 Å². The SMILES string of the molecule is CCC(CC)C(=O)N[C@H]1CCN2C(=O)c3cc(-c4cccc(C(F)(F)F)c4)ccc3NC(=O)[C@@H]2C1. The Morgan fingerprint density at radius 2 is 1.83 bits per heavy atom. The Hall–Kier alpha value is -3.36. The van der Waals surface area contributed by atoms with Crippen LogP contribution in [-0.2, 0) is 15.8 Å². The van der Waals surface area contributed by atoms with Crippen LogP contribution in [0.25, 0.3) is 11.1 Å². The highest BCUT2D eigenvalue weighted by Crippen LogP contribution is 2.35. The summed E-state index contributed by atoms with van der Waals surface area (Å²) in [6, 6.07) is 8.61. The molecule has 0 radical (unpaired) electrons. The largest absolute Gasteiger partial charge is 0.416 e. The smallest absolute Gasteiger partial charge is 0.353 e. The Balaban J connectivity index is 1.58. The number of nitrogens with one attached hydrogen (secondary N) is 2. The number of hydrogen-bond donors (Lipinski definition) is 2. The second-order valence-corrected chi connectivity index (χ2v) is 9.09. The van der Waals surface area contributed by atoms with E-state index in [0.29, 0.717) is 29.7 Å². The van der Waals surface area contributed by atoms with E-state index in [1.807, 2.05) is 13.8 Å². The summed E-state index contributed by atoms with van der Waals surface area (Å²) in [6.45, 7) is 4.20. The molecule has 0 bridgehead atoms. The molecule has 0 saturated carbocycles. The summed E-state index contributed by atoms with van der Waals surface area (Å²) in [4.78, 5) is 40.4. The molecule has 0 spiro atoms. The number of hydrogen-bond acceptors (Lipinski definition) is 3. The average Bonchev–Trinajstić information content (AvgIpc) is 2.93. The minimum absolute atomic E-state index is 0.0391. The first-order chi connectivity index (χ1) is 16.6. The fourth-order valence-electron chi connectivity index (χ4n) is 4.82. The molecule has 0 aliphatic carbocycles. The monoisotopic (exact) mass is 487 g/mol. The summed E-state index contributed by atoms with van der Waals surface area (Å²) in [5.74, 6) is -0.827. The van der Waals surface area contributed by atoms with Gasteiger partial charge in [0, 0.05) is 18.5 Å². The van der Waals surface area contributed by atoms with Gasteiger partial charge in [0.2, 0.25) is 11.8 Å². The van der Waals surface area contributed by atoms with Crippen molar-refractivity contribution in [3.8, 4) is 11.1 Å². The van der Waals surface area contributed by atoms with Crippen molar-refractivity contribution in [1.82, 2.24) is 10.2 Å². The molecule has 4 rings (SSSR count). The lowest BCUT2D eigenvalue weighted by atomic mass is 9.94. The minimum Gasteiger partial charge on any atom is -0.353 e. The maximum absolute atomic E-state index is 13.4. The van der Waals surface area contributed by atoms with Crippen molar-refractivity contribution in [2.45, 2.75) is 57.8 Å². The molecular weight excluding hydrogens is 459 g/mol. The lowest BCUT2D eigenvalue weighted by Crippen LogP contribution is -2.55. The van der Waals surface area contributed by atoms with Crippen LogP contribution >= 0.6 is 0 Å². The summed E-state index contributed by atoms with van der Waals surface area (Å²) in [5, 5.41) is 5.82. The standard InChI is InChI=1S/C26H28F3N3O3/c1-3-15(4-2)23(33)30-19-10-11-32-22(14-19)24(34)31-21-9-8-17(13-20(21)25(32)35)16-6-5-7-18(12-16)26(27,28)29/h5-9,12-13,15,19,22H,3-4,10-11,14H2,1-2H3,(H,30,33)(H,31,34)/t19-,22-/m0/s1. The number of carbonyl (C=O) groups excluding carboxylic acids is 3. The molecule has 186 valence electrons. The molecule has 2 aromatic carbocycles. The Labute approximate surface area is 201 Å². The Bertz CT molecular complexity index is 1140. The van der Waals surface area contributed by atoms with Crippen molar-refractivity contribution in [3.63, 3.8) is 0 Å². The van der Waals surface area contributed by atoms with Gasteiger partial charge in [-0.05, 0) is 61.1 Å². The molecule has 2 aromatic rings. The zero-order chi connectivity index (χ0) is 25.3. The van der Waals surface area contributed by atoms with Gasteiger partial charge in [-0.15, -0.1) is 0 Å². The lowest BCUT2D eigenvalue weighted by molar-refractivity contribution is -0.137. The highest BCUT2D eigenvalue weighted by Gasteiger charge is 2.40. The van der Waals surface area contributed by atoms with E-state index < -0.39 is 17.8 Å². The first-order valence-corrected chi connectivity index (χ1v) is 11.9. The van der Waals surface area contributed by atoms with E-state index >= 15 is 0 Å². The van der Waals surface area contributed by atoms with Crippen LogP contribution in [0.5, 0.6) is 0 Å². The molecule has 2 N–H and O–H groups in total. The molecule has 3 amide bonds. The Morgan fingerprint density at radius 3 is 2.51 bits per heavy atom. The van der Waals surface area contributed by atoms with E-state index in [-0.39, 0.29) is 41.8 Å². The number of rotatable bonds is 5. The van der Waals surface area contributed by atoms with E-state index in [4.69, 9.17) is 0 Å². The van der Waals surface area contributed by atoms with Crippen LogP contribution in [0.2, 0.25) is 0 Å². The van der Waals surface area contributed by atoms with Gasteiger partial charge in [0.25, 0.3) is 5.91 Å². The predicted molar refractivity (Wildman–Crippen MR) is 126 cm³/mol. The maximum atomic E-state index is 13.4. The summed E-state index contributed by atoms with van der Waals surface area (Å²) >= 11 is 0. The maximum Gasteiger partial charge on any atom is 0.416 e. The number of fused-ring (bicyclic) bond motifs is 2. The fourth-order valence-corrected chi connectivity index (χ4v) is 4.82. The van der Waals surface area contributed by atoms with E-state index in [1.54, 1.807) is 18.2 Å². The number of nitrogens with zero attached hydrogens (tertiary/aromatic N) is 1. The molecule has 0 unspecified atom stereocenters. The number of anilines is 1. The third kappa shape index (κ3) is 5.04. The summed E-state index contributed by atoms with van der Waals surface area (Å²) < 4.78 is 39.5. The second kappa shape index (κ2) is 9.71. The van der Waals surface area contributed by atoms with Gasteiger partial charge in [-0.1, -0.05) is 32.0 Å². The van der Waals surface area contributed by atoms with E-state index in [2.05, 4.69) is 10.6 Å². The van der Waals surface area contributed by atoms with Crippen LogP contribution < -0.4 is 10.6 Å². The van der Waals surface area contributed by atoms with Crippen LogP contribution in [0.15, 0.2) is 42.5 Å². The minimum atomic E-state index is -4.48. The van der Waals surface area contributed by atoms with E-state index in [9.17, 15) is 27.6 Å². The van der Waals surface area contributed by atoms with E-state index in [1.165, 1.54) is 17.0 Å². The van der Waals surface area contributed by atoms with Crippen LogP contribution in [0.1, 0.15) is 55.5 Å². The Morgan fingerprint density at radius 1 is 1.11 bits per heavy atom. The number of piperidine rings is 1. The molecule has 9 heteroatoms. The van der Waals surface area contributed by atoms with Crippen molar-refractivity contribution in [2.24, 2.45) is 5.92 Å². The molecule has 2 heterocycles. The van der Waals surface area contributed by atoms with Gasteiger partial charge in [0.05, 0.1) is 16.8 Å². The molecular formula is C26H28F3N3O3. The lowest BCUT2D eigenvalue weighted by Gasteiger charge is -2.37. The molecule has 35 heavy (non-hydrogen) atoms. The van der Waals surface area contributed by atoms with Crippen molar-refractivity contribution in [1.29, 1.82) is 0 Å². The van der Waals surface area contributed by atoms with Crippen LogP contribution in [0.4, 0.5) is 18.9 Å². The first kappa shape index (κ1) is 24.8. The number of benzene rings is 2. The molecule has 0 aromatic heterocycles. The first-order valence-electron chi connectivity index (χ1n) is 11.9. The van der Waals surface area contributed by atoms with Crippen molar-refractivity contribution < 1.29 is 27.6 Å². The van der Waals surface area contributed by atoms with Crippen molar-refractivity contribution in [2.75, 3.05) is 11.9 Å². The van der Waals surface area contributed by atoms with Gasteiger partial charge >= 0.3 is 6.18 Å². The predicted octanol–water partition coefficient (Wildman–Crippen LogP) is 4.85. The van der Waals surface area contributed by atoms with Gasteiger partial charge < -0.3 is 15.5 Å².